The minimum Gasteiger partial charge on any atom is -0.307 e. The Morgan fingerprint density at radius 1 is 1.45 bits per heavy atom. The van der Waals surface area contributed by atoms with Crippen LogP contribution in [0.15, 0.2) is 35.6 Å². The fourth-order valence-corrected chi connectivity index (χ4v) is 2.87. The fraction of sp³-hybridized carbons (Fsp3) is 0.273. The Hall–Kier alpha value is -1.97. The number of hydrogen-bond donors (Lipinski definition) is 3. The first kappa shape index (κ1) is 14.4. The number of hydrazine groups is 1. The van der Waals surface area contributed by atoms with Crippen LogP contribution >= 0.6 is 0 Å². The van der Waals surface area contributed by atoms with Gasteiger partial charge in [-0.2, -0.15) is 5.10 Å². The molecule has 0 amide bonds. The molecule has 0 radical (unpaired) electrons. The van der Waals surface area contributed by atoms with E-state index in [1.807, 2.05) is 13.2 Å². The van der Waals surface area contributed by atoms with Crippen molar-refractivity contribution in [3.8, 4) is 0 Å². The summed E-state index contributed by atoms with van der Waals surface area (Å²) in [6.07, 6.45) is 5.55. The molecule has 2 heterocycles. The molecule has 2 aromatic heterocycles. The molecule has 8 nitrogen and oxygen atoms in total. The first-order valence-corrected chi connectivity index (χ1v) is 7.40. The van der Waals surface area contributed by atoms with Crippen LogP contribution in [0.25, 0.3) is 0 Å². The van der Waals surface area contributed by atoms with E-state index in [-0.39, 0.29) is 17.3 Å². The normalized spacial score (nSPS) is 11.5. The third kappa shape index (κ3) is 3.32. The summed E-state index contributed by atoms with van der Waals surface area (Å²) in [5.74, 6) is 5.37. The summed E-state index contributed by atoms with van der Waals surface area (Å²) >= 11 is 0. The van der Waals surface area contributed by atoms with Gasteiger partial charge in [0, 0.05) is 26.0 Å². The zero-order valence-corrected chi connectivity index (χ0v) is 11.8. The molecule has 9 heteroatoms. The van der Waals surface area contributed by atoms with Crippen LogP contribution in [0.1, 0.15) is 5.56 Å². The van der Waals surface area contributed by atoms with E-state index >= 15 is 0 Å². The van der Waals surface area contributed by atoms with Crippen LogP contribution in [0.4, 0.5) is 5.82 Å². The zero-order valence-electron chi connectivity index (χ0n) is 10.9. The smallest absolute Gasteiger partial charge is 0.244 e. The second kappa shape index (κ2) is 5.99. The second-order valence-corrected chi connectivity index (χ2v) is 5.90. The number of nitrogen functional groups attached to an aromatic ring is 1. The molecule has 108 valence electrons. The molecule has 20 heavy (non-hydrogen) atoms. The number of anilines is 1. The SMILES string of the molecule is Cn1cc(CCNS(=O)(=O)c2cccnc2NN)cn1. The number of pyridine rings is 1. The van der Waals surface area contributed by atoms with Crippen LogP contribution in [0.2, 0.25) is 0 Å². The molecular weight excluding hydrogens is 280 g/mol. The van der Waals surface area contributed by atoms with Gasteiger partial charge in [-0.25, -0.2) is 24.0 Å². The van der Waals surface area contributed by atoms with Crippen LogP contribution in [0.3, 0.4) is 0 Å². The van der Waals surface area contributed by atoms with Crippen molar-refractivity contribution in [2.45, 2.75) is 11.3 Å². The number of nitrogens with zero attached hydrogens (tertiary/aromatic N) is 3. The number of sulfonamides is 1. The molecule has 2 aromatic rings. The summed E-state index contributed by atoms with van der Waals surface area (Å²) in [7, 11) is -1.84. The van der Waals surface area contributed by atoms with Gasteiger partial charge < -0.3 is 5.43 Å². The summed E-state index contributed by atoms with van der Waals surface area (Å²) in [5, 5.41) is 4.02. The molecule has 0 unspecified atom stereocenters. The van der Waals surface area contributed by atoms with Gasteiger partial charge in [0.25, 0.3) is 0 Å². The maximum atomic E-state index is 12.1. The number of hydrogen-bond acceptors (Lipinski definition) is 6. The predicted octanol–water partition coefficient (Wildman–Crippen LogP) is -0.378. The zero-order chi connectivity index (χ0) is 14.6. The third-order valence-electron chi connectivity index (χ3n) is 2.66. The van der Waals surface area contributed by atoms with E-state index in [0.29, 0.717) is 6.42 Å². The van der Waals surface area contributed by atoms with E-state index in [9.17, 15) is 8.42 Å². The summed E-state index contributed by atoms with van der Waals surface area (Å²) < 4.78 is 28.5. The Bertz CT molecular complexity index is 682. The Morgan fingerprint density at radius 3 is 2.90 bits per heavy atom. The second-order valence-electron chi connectivity index (χ2n) is 4.16. The highest BCUT2D eigenvalue weighted by molar-refractivity contribution is 7.89. The highest BCUT2D eigenvalue weighted by Crippen LogP contribution is 2.16. The van der Waals surface area contributed by atoms with Crippen molar-refractivity contribution >= 4 is 15.8 Å². The molecule has 2 rings (SSSR count). The topological polar surface area (TPSA) is 115 Å². The molecule has 0 aromatic carbocycles. The molecule has 0 fully saturated rings. The largest absolute Gasteiger partial charge is 0.307 e. The van der Waals surface area contributed by atoms with Gasteiger partial charge in [-0.05, 0) is 24.1 Å². The predicted molar refractivity (Wildman–Crippen MR) is 74.1 cm³/mol. The van der Waals surface area contributed by atoms with Crippen molar-refractivity contribution in [1.82, 2.24) is 19.5 Å². The van der Waals surface area contributed by atoms with Gasteiger partial charge in [-0.3, -0.25) is 4.68 Å². The van der Waals surface area contributed by atoms with Crippen molar-refractivity contribution in [2.24, 2.45) is 12.9 Å². The average Bonchev–Trinajstić information content (AvgIpc) is 2.84. The van der Waals surface area contributed by atoms with Crippen LogP contribution in [-0.4, -0.2) is 29.7 Å². The summed E-state index contributed by atoms with van der Waals surface area (Å²) in [4.78, 5) is 3.89. The first-order valence-electron chi connectivity index (χ1n) is 5.92. The van der Waals surface area contributed by atoms with Crippen LogP contribution in [0.5, 0.6) is 0 Å². The Morgan fingerprint density at radius 2 is 2.25 bits per heavy atom. The molecule has 4 N–H and O–H groups in total. The third-order valence-corrected chi connectivity index (χ3v) is 4.15. The van der Waals surface area contributed by atoms with E-state index in [4.69, 9.17) is 5.84 Å². The highest BCUT2D eigenvalue weighted by atomic mass is 32.2. The molecule has 0 spiro atoms. The molecule has 0 aliphatic heterocycles. The van der Waals surface area contributed by atoms with E-state index < -0.39 is 10.0 Å². The highest BCUT2D eigenvalue weighted by Gasteiger charge is 2.18. The lowest BCUT2D eigenvalue weighted by Crippen LogP contribution is -2.27. The number of nitrogens with one attached hydrogen (secondary N) is 2. The average molecular weight is 296 g/mol. The first-order chi connectivity index (χ1) is 9.53. The van der Waals surface area contributed by atoms with Crippen molar-refractivity contribution in [3.05, 3.63) is 36.3 Å². The molecule has 0 saturated heterocycles. The number of nitrogens with two attached hydrogens (primary N) is 1. The van der Waals surface area contributed by atoms with E-state index in [2.05, 4.69) is 20.2 Å². The van der Waals surface area contributed by atoms with Gasteiger partial charge in [0.1, 0.15) is 4.90 Å². The Balaban J connectivity index is 2.04. The van der Waals surface area contributed by atoms with Crippen LogP contribution in [0, 0.1) is 0 Å². The number of aromatic nitrogens is 3. The van der Waals surface area contributed by atoms with Crippen molar-refractivity contribution in [2.75, 3.05) is 12.0 Å². The quantitative estimate of drug-likeness (QED) is 0.494. The molecule has 0 aliphatic rings. The monoisotopic (exact) mass is 296 g/mol. The standard InChI is InChI=1S/C11H16N6O2S/c1-17-8-9(7-14-17)4-6-15-20(18,19)10-3-2-5-13-11(10)16-12/h2-3,5,7-8,15H,4,6,12H2,1H3,(H,13,16). The lowest BCUT2D eigenvalue weighted by molar-refractivity contribution is 0.581. The van der Waals surface area contributed by atoms with Crippen LogP contribution in [-0.2, 0) is 23.5 Å². The summed E-state index contributed by atoms with van der Waals surface area (Å²) in [5.41, 5.74) is 3.23. The van der Waals surface area contributed by atoms with Gasteiger partial charge in [0.2, 0.25) is 10.0 Å². The minimum absolute atomic E-state index is 0.0219. The summed E-state index contributed by atoms with van der Waals surface area (Å²) in [6.45, 7) is 0.271. The van der Waals surface area contributed by atoms with Gasteiger partial charge in [-0.15, -0.1) is 0 Å². The number of rotatable bonds is 6. The van der Waals surface area contributed by atoms with E-state index in [1.165, 1.54) is 18.3 Å². The molecular formula is C11H16N6O2S. The van der Waals surface area contributed by atoms with Gasteiger partial charge in [0.15, 0.2) is 5.82 Å². The molecule has 0 aliphatic carbocycles. The molecule has 0 saturated carbocycles. The van der Waals surface area contributed by atoms with E-state index in [1.54, 1.807) is 10.9 Å². The maximum absolute atomic E-state index is 12.1. The Labute approximate surface area is 117 Å². The van der Waals surface area contributed by atoms with E-state index in [0.717, 1.165) is 5.56 Å². The lowest BCUT2D eigenvalue weighted by Gasteiger charge is -2.09. The van der Waals surface area contributed by atoms with Gasteiger partial charge in [0.05, 0.1) is 6.20 Å². The fourth-order valence-electron chi connectivity index (χ4n) is 1.72. The van der Waals surface area contributed by atoms with Gasteiger partial charge in [-0.1, -0.05) is 0 Å². The molecule has 0 bridgehead atoms. The minimum atomic E-state index is -3.65. The van der Waals surface area contributed by atoms with Crippen molar-refractivity contribution in [1.29, 1.82) is 0 Å². The maximum Gasteiger partial charge on any atom is 0.244 e. The lowest BCUT2D eigenvalue weighted by atomic mass is 10.3. The van der Waals surface area contributed by atoms with Crippen LogP contribution < -0.4 is 16.0 Å². The van der Waals surface area contributed by atoms with Crippen molar-refractivity contribution in [3.63, 3.8) is 0 Å². The number of aryl methyl sites for hydroxylation is 1. The van der Waals surface area contributed by atoms with Crippen molar-refractivity contribution < 1.29 is 8.42 Å². The Kier molecular flexibility index (Phi) is 4.32. The molecule has 0 atom stereocenters. The van der Waals surface area contributed by atoms with Gasteiger partial charge >= 0.3 is 0 Å². The summed E-state index contributed by atoms with van der Waals surface area (Å²) in [6, 6.07) is 2.98.